The highest BCUT2D eigenvalue weighted by molar-refractivity contribution is 7.19. The molecule has 0 saturated carbocycles. The maximum absolute atomic E-state index is 12.8. The number of nitrogens with one attached hydrogen (secondary N) is 1. The predicted octanol–water partition coefficient (Wildman–Crippen LogP) is 3.78. The molecule has 1 aliphatic rings. The minimum Gasteiger partial charge on any atom is -0.454 e. The Morgan fingerprint density at radius 2 is 1.82 bits per heavy atom. The molecule has 4 rings (SSSR count). The third-order valence-electron chi connectivity index (χ3n) is 4.17. The van der Waals surface area contributed by atoms with Crippen LogP contribution in [0.2, 0.25) is 0 Å². The molecule has 28 heavy (non-hydrogen) atoms. The van der Waals surface area contributed by atoms with Gasteiger partial charge in [-0.3, -0.25) is 4.79 Å². The molecule has 0 spiro atoms. The van der Waals surface area contributed by atoms with Crippen molar-refractivity contribution in [2.24, 2.45) is 0 Å². The quantitative estimate of drug-likeness (QED) is 0.652. The number of ketones is 1. The third kappa shape index (κ3) is 2.98. The molecule has 0 radical (unpaired) electrons. The van der Waals surface area contributed by atoms with Gasteiger partial charge in [-0.1, -0.05) is 0 Å². The van der Waals surface area contributed by atoms with Crippen LogP contribution >= 0.6 is 11.3 Å². The lowest BCUT2D eigenvalue weighted by Gasteiger charge is -2.05. The standard InChI is InChI=1S/C20H12N4O3S/c21-8-11-1-3-12(4-2-11)18(25)19-17(23)14(9-22)20(28-19)24-13-5-6-15-16(7-13)27-10-26-15/h1-7,24H,10,23H2. The van der Waals surface area contributed by atoms with Crippen LogP contribution in [0.5, 0.6) is 11.5 Å². The zero-order valence-electron chi connectivity index (χ0n) is 14.4. The highest BCUT2D eigenvalue weighted by atomic mass is 32.1. The van der Waals surface area contributed by atoms with Gasteiger partial charge in [-0.15, -0.1) is 11.3 Å². The summed E-state index contributed by atoms with van der Waals surface area (Å²) in [5.74, 6) is 0.942. The fourth-order valence-corrected chi connectivity index (χ4v) is 3.80. The number of ether oxygens (including phenoxy) is 2. The van der Waals surface area contributed by atoms with Crippen molar-refractivity contribution in [3.05, 3.63) is 64.0 Å². The predicted molar refractivity (Wildman–Crippen MR) is 104 cm³/mol. The second-order valence-corrected chi connectivity index (χ2v) is 6.89. The first kappa shape index (κ1) is 17.4. The average Bonchev–Trinajstić information content (AvgIpc) is 3.31. The molecule has 136 valence electrons. The molecule has 3 N–H and O–H groups in total. The molecule has 1 aliphatic heterocycles. The van der Waals surface area contributed by atoms with Gasteiger partial charge in [0.05, 0.1) is 17.3 Å². The number of carbonyl (C=O) groups excluding carboxylic acids is 1. The molecule has 3 aromatic rings. The lowest BCUT2D eigenvalue weighted by molar-refractivity contribution is 0.104. The summed E-state index contributed by atoms with van der Waals surface area (Å²) in [4.78, 5) is 13.1. The summed E-state index contributed by atoms with van der Waals surface area (Å²) in [5, 5.41) is 22.0. The summed E-state index contributed by atoms with van der Waals surface area (Å²) in [6.45, 7) is 0.164. The summed E-state index contributed by atoms with van der Waals surface area (Å²) < 4.78 is 10.6. The summed E-state index contributed by atoms with van der Waals surface area (Å²) in [7, 11) is 0. The molecule has 0 unspecified atom stereocenters. The van der Waals surface area contributed by atoms with E-state index in [4.69, 9.17) is 20.5 Å². The van der Waals surface area contributed by atoms with E-state index in [0.717, 1.165) is 11.3 Å². The van der Waals surface area contributed by atoms with Crippen molar-refractivity contribution in [1.29, 1.82) is 10.5 Å². The molecule has 0 amide bonds. The minimum atomic E-state index is -0.303. The normalized spacial score (nSPS) is 11.5. The van der Waals surface area contributed by atoms with Crippen LogP contribution in [0.15, 0.2) is 42.5 Å². The number of nitrogen functional groups attached to an aromatic ring is 1. The van der Waals surface area contributed by atoms with E-state index in [-0.39, 0.29) is 28.7 Å². The van der Waals surface area contributed by atoms with Gasteiger partial charge < -0.3 is 20.5 Å². The van der Waals surface area contributed by atoms with E-state index in [1.54, 1.807) is 42.5 Å². The van der Waals surface area contributed by atoms with Crippen LogP contribution in [0.3, 0.4) is 0 Å². The van der Waals surface area contributed by atoms with Crippen molar-refractivity contribution in [3.8, 4) is 23.6 Å². The van der Waals surface area contributed by atoms with Crippen molar-refractivity contribution < 1.29 is 14.3 Å². The molecular weight excluding hydrogens is 376 g/mol. The van der Waals surface area contributed by atoms with Crippen LogP contribution < -0.4 is 20.5 Å². The molecule has 1 aromatic heterocycles. The Balaban J connectivity index is 1.67. The van der Waals surface area contributed by atoms with E-state index in [1.165, 1.54) is 0 Å². The van der Waals surface area contributed by atoms with Gasteiger partial charge in [0.2, 0.25) is 12.6 Å². The molecule has 0 fully saturated rings. The van der Waals surface area contributed by atoms with Gasteiger partial charge in [-0.05, 0) is 36.4 Å². The van der Waals surface area contributed by atoms with E-state index in [9.17, 15) is 10.1 Å². The lowest BCUT2D eigenvalue weighted by atomic mass is 10.1. The number of carbonyl (C=O) groups is 1. The van der Waals surface area contributed by atoms with E-state index in [1.807, 2.05) is 6.07 Å². The van der Waals surface area contributed by atoms with Crippen molar-refractivity contribution in [2.75, 3.05) is 17.8 Å². The number of benzene rings is 2. The van der Waals surface area contributed by atoms with Crippen LogP contribution in [0, 0.1) is 22.7 Å². The van der Waals surface area contributed by atoms with Gasteiger partial charge in [0.25, 0.3) is 0 Å². The smallest absolute Gasteiger partial charge is 0.231 e. The van der Waals surface area contributed by atoms with Crippen molar-refractivity contribution in [3.63, 3.8) is 0 Å². The lowest BCUT2D eigenvalue weighted by Crippen LogP contribution is -2.02. The first-order valence-corrected chi connectivity index (χ1v) is 8.96. The maximum Gasteiger partial charge on any atom is 0.231 e. The monoisotopic (exact) mass is 388 g/mol. The highest BCUT2D eigenvalue weighted by Crippen LogP contribution is 2.40. The Morgan fingerprint density at radius 3 is 2.54 bits per heavy atom. The maximum atomic E-state index is 12.8. The second kappa shape index (κ2) is 6.95. The van der Waals surface area contributed by atoms with E-state index in [0.29, 0.717) is 33.3 Å². The van der Waals surface area contributed by atoms with E-state index in [2.05, 4.69) is 11.4 Å². The number of nitrogens with zero attached hydrogens (tertiary/aromatic N) is 2. The Labute approximate surface area is 164 Å². The summed E-state index contributed by atoms with van der Waals surface area (Å²) in [5.41, 5.74) is 7.95. The van der Waals surface area contributed by atoms with Crippen LogP contribution in [0.4, 0.5) is 16.4 Å². The zero-order valence-corrected chi connectivity index (χ0v) is 15.2. The van der Waals surface area contributed by atoms with Gasteiger partial charge in [0.1, 0.15) is 21.5 Å². The Kier molecular flexibility index (Phi) is 4.32. The Bertz CT molecular complexity index is 1170. The first-order chi connectivity index (χ1) is 13.6. The van der Waals surface area contributed by atoms with Crippen molar-refractivity contribution in [1.82, 2.24) is 0 Å². The molecule has 0 aliphatic carbocycles. The van der Waals surface area contributed by atoms with Crippen molar-refractivity contribution in [2.45, 2.75) is 0 Å². The van der Waals surface area contributed by atoms with Gasteiger partial charge in [0.15, 0.2) is 11.5 Å². The summed E-state index contributed by atoms with van der Waals surface area (Å²) in [6.07, 6.45) is 0. The number of rotatable bonds is 4. The number of thiophene rings is 1. The number of nitriles is 2. The van der Waals surface area contributed by atoms with Crippen LogP contribution in [0.25, 0.3) is 0 Å². The molecule has 0 saturated heterocycles. The molecule has 8 heteroatoms. The molecule has 2 aromatic carbocycles. The van der Waals surface area contributed by atoms with Crippen LogP contribution in [-0.2, 0) is 0 Å². The third-order valence-corrected chi connectivity index (χ3v) is 5.29. The number of hydrogen-bond acceptors (Lipinski definition) is 8. The van der Waals surface area contributed by atoms with Gasteiger partial charge >= 0.3 is 0 Å². The molecule has 0 atom stereocenters. The number of nitrogens with two attached hydrogens (primary N) is 1. The first-order valence-electron chi connectivity index (χ1n) is 8.14. The molecule has 7 nitrogen and oxygen atoms in total. The Hall–Kier alpha value is -4.01. The largest absolute Gasteiger partial charge is 0.454 e. The summed E-state index contributed by atoms with van der Waals surface area (Å²) in [6, 6.07) is 15.6. The second-order valence-electron chi connectivity index (χ2n) is 5.87. The Morgan fingerprint density at radius 1 is 1.07 bits per heavy atom. The number of hydrogen-bond donors (Lipinski definition) is 2. The van der Waals surface area contributed by atoms with Gasteiger partial charge in [0, 0.05) is 17.3 Å². The van der Waals surface area contributed by atoms with Crippen LogP contribution in [-0.4, -0.2) is 12.6 Å². The van der Waals surface area contributed by atoms with Crippen LogP contribution in [0.1, 0.15) is 26.4 Å². The molecule has 2 heterocycles. The topological polar surface area (TPSA) is 121 Å². The number of fused-ring (bicyclic) bond motifs is 1. The summed E-state index contributed by atoms with van der Waals surface area (Å²) >= 11 is 1.11. The minimum absolute atomic E-state index is 0.130. The van der Waals surface area contributed by atoms with Gasteiger partial charge in [-0.25, -0.2) is 0 Å². The van der Waals surface area contributed by atoms with E-state index < -0.39 is 0 Å². The zero-order chi connectivity index (χ0) is 19.7. The fraction of sp³-hybridized carbons (Fsp3) is 0.0500. The molecule has 0 bridgehead atoms. The van der Waals surface area contributed by atoms with Gasteiger partial charge in [-0.2, -0.15) is 10.5 Å². The average molecular weight is 388 g/mol. The SMILES string of the molecule is N#Cc1ccc(C(=O)c2sc(Nc3ccc4c(c3)OCO4)c(C#N)c2N)cc1. The highest BCUT2D eigenvalue weighted by Gasteiger charge is 2.23. The van der Waals surface area contributed by atoms with E-state index >= 15 is 0 Å². The fourth-order valence-electron chi connectivity index (χ4n) is 2.74. The molecular formula is C20H12N4O3S. The van der Waals surface area contributed by atoms with Crippen molar-refractivity contribution >= 4 is 33.5 Å². The number of anilines is 3.